The summed E-state index contributed by atoms with van der Waals surface area (Å²) in [4.78, 5) is 48.6. The molecule has 0 fully saturated rings. The zero-order chi connectivity index (χ0) is 24.7. The van der Waals surface area contributed by atoms with Crippen molar-refractivity contribution in [3.63, 3.8) is 0 Å². The summed E-state index contributed by atoms with van der Waals surface area (Å²) in [6.45, 7) is 1.51. The van der Waals surface area contributed by atoms with E-state index in [9.17, 15) is 24.3 Å². The van der Waals surface area contributed by atoms with Crippen LogP contribution in [0.15, 0.2) is 72.8 Å². The predicted octanol–water partition coefficient (Wildman–Crippen LogP) is 2.23. The molecule has 0 unspecified atom stereocenters. The van der Waals surface area contributed by atoms with Gasteiger partial charge in [-0.3, -0.25) is 9.59 Å². The van der Waals surface area contributed by atoms with Gasteiger partial charge in [-0.1, -0.05) is 36.4 Å². The van der Waals surface area contributed by atoms with Crippen molar-refractivity contribution in [2.24, 2.45) is 0 Å². The monoisotopic (exact) mass is 468 g/mol. The Hall–Kier alpha value is -3.98. The van der Waals surface area contributed by atoms with Crippen molar-refractivity contribution in [3.8, 4) is 0 Å². The minimum atomic E-state index is -2.25. The average Bonchev–Trinajstić information content (AvgIpc) is 2.82. The molecule has 0 aliphatic heterocycles. The van der Waals surface area contributed by atoms with Gasteiger partial charge in [0.25, 0.3) is 0 Å². The Labute approximate surface area is 195 Å². The fourth-order valence-electron chi connectivity index (χ4n) is 3.46. The first-order chi connectivity index (χ1) is 16.2. The van der Waals surface area contributed by atoms with Crippen LogP contribution in [0, 0.1) is 0 Å². The van der Waals surface area contributed by atoms with Crippen molar-refractivity contribution in [1.29, 1.82) is 0 Å². The minimum absolute atomic E-state index is 0.220. The fourth-order valence-corrected chi connectivity index (χ4v) is 3.46. The molecule has 4 atom stereocenters. The molecule has 9 heteroatoms. The zero-order valence-corrected chi connectivity index (χ0v) is 18.6. The Morgan fingerprint density at radius 2 is 1.29 bits per heavy atom. The van der Waals surface area contributed by atoms with E-state index in [-0.39, 0.29) is 11.1 Å². The standard InChI is InChI=1S/C25H24O9/c1-16(26)32-21-14-13-20(34-24(29)19-11-7-4-8-12-19)22(33-17(2)27)25(21,30)15-31-23(28)18-9-5-3-6-10-18/h3-14,20-22,30H,15H2,1-2H3/t20-,21+,22+,25-/m1/s1. The van der Waals surface area contributed by atoms with Gasteiger partial charge < -0.3 is 24.1 Å². The molecule has 0 bridgehead atoms. The molecule has 1 aliphatic carbocycles. The average molecular weight is 468 g/mol. The highest BCUT2D eigenvalue weighted by Gasteiger charge is 2.55. The van der Waals surface area contributed by atoms with Gasteiger partial charge in [0, 0.05) is 13.8 Å². The van der Waals surface area contributed by atoms with Gasteiger partial charge >= 0.3 is 23.9 Å². The molecular formula is C25H24O9. The van der Waals surface area contributed by atoms with Gasteiger partial charge in [0.05, 0.1) is 11.1 Å². The van der Waals surface area contributed by atoms with Crippen molar-refractivity contribution >= 4 is 23.9 Å². The molecule has 2 aromatic rings. The lowest BCUT2D eigenvalue weighted by molar-refractivity contribution is -0.212. The highest BCUT2D eigenvalue weighted by Crippen LogP contribution is 2.32. The second-order valence-corrected chi connectivity index (χ2v) is 7.61. The normalized spacial score (nSPS) is 23.4. The molecule has 0 spiro atoms. The molecule has 0 saturated carbocycles. The van der Waals surface area contributed by atoms with E-state index in [1.54, 1.807) is 36.4 Å². The van der Waals surface area contributed by atoms with Crippen molar-refractivity contribution in [3.05, 3.63) is 83.9 Å². The SMILES string of the molecule is CC(=O)O[C@H]1C=C[C@@H](OC(=O)c2ccccc2)[C@H](OC(C)=O)[C@@]1(O)COC(=O)c1ccccc1. The molecule has 1 N–H and O–H groups in total. The van der Waals surface area contributed by atoms with Crippen LogP contribution in [0.1, 0.15) is 34.6 Å². The van der Waals surface area contributed by atoms with E-state index in [4.69, 9.17) is 18.9 Å². The van der Waals surface area contributed by atoms with Crippen LogP contribution in [0.25, 0.3) is 0 Å². The summed E-state index contributed by atoms with van der Waals surface area (Å²) >= 11 is 0. The van der Waals surface area contributed by atoms with Crippen LogP contribution in [-0.4, -0.2) is 59.5 Å². The van der Waals surface area contributed by atoms with Crippen molar-refractivity contribution in [1.82, 2.24) is 0 Å². The van der Waals surface area contributed by atoms with Gasteiger partial charge in [-0.15, -0.1) is 0 Å². The Morgan fingerprint density at radius 3 is 1.82 bits per heavy atom. The number of hydrogen-bond donors (Lipinski definition) is 1. The Morgan fingerprint density at radius 1 is 0.765 bits per heavy atom. The van der Waals surface area contributed by atoms with E-state index < -0.39 is 54.4 Å². The second kappa shape index (κ2) is 10.8. The van der Waals surface area contributed by atoms with E-state index in [1.807, 2.05) is 0 Å². The van der Waals surface area contributed by atoms with Crippen molar-refractivity contribution < 1.29 is 43.2 Å². The molecule has 0 radical (unpaired) electrons. The number of aliphatic hydroxyl groups is 1. The van der Waals surface area contributed by atoms with Crippen LogP contribution >= 0.6 is 0 Å². The second-order valence-electron chi connectivity index (χ2n) is 7.61. The quantitative estimate of drug-likeness (QED) is 0.370. The highest BCUT2D eigenvalue weighted by molar-refractivity contribution is 5.90. The molecule has 2 aromatic carbocycles. The number of rotatable bonds is 7. The minimum Gasteiger partial charge on any atom is -0.459 e. The Kier molecular flexibility index (Phi) is 7.80. The molecule has 0 saturated heterocycles. The van der Waals surface area contributed by atoms with Gasteiger partial charge in [0.15, 0.2) is 23.9 Å². The van der Waals surface area contributed by atoms with E-state index in [0.717, 1.165) is 13.8 Å². The predicted molar refractivity (Wildman–Crippen MR) is 118 cm³/mol. The zero-order valence-electron chi connectivity index (χ0n) is 18.6. The third kappa shape index (κ3) is 5.87. The summed E-state index contributed by atoms with van der Waals surface area (Å²) in [7, 11) is 0. The first-order valence-corrected chi connectivity index (χ1v) is 10.4. The van der Waals surface area contributed by atoms with Crippen LogP contribution in [0.2, 0.25) is 0 Å². The molecule has 34 heavy (non-hydrogen) atoms. The summed E-state index contributed by atoms with van der Waals surface area (Å²) in [5, 5.41) is 11.6. The smallest absolute Gasteiger partial charge is 0.338 e. The van der Waals surface area contributed by atoms with Crippen LogP contribution in [0.5, 0.6) is 0 Å². The molecular weight excluding hydrogens is 444 g/mol. The Balaban J connectivity index is 1.91. The summed E-state index contributed by atoms with van der Waals surface area (Å²) in [6, 6.07) is 16.1. The largest absolute Gasteiger partial charge is 0.459 e. The van der Waals surface area contributed by atoms with E-state index >= 15 is 0 Å². The number of carbonyl (C=O) groups excluding carboxylic acids is 4. The van der Waals surface area contributed by atoms with Crippen LogP contribution in [0.4, 0.5) is 0 Å². The molecule has 1 aliphatic rings. The Bertz CT molecular complexity index is 1060. The summed E-state index contributed by atoms with van der Waals surface area (Å²) in [5.41, 5.74) is -1.80. The van der Waals surface area contributed by atoms with E-state index in [2.05, 4.69) is 0 Å². The van der Waals surface area contributed by atoms with Crippen LogP contribution < -0.4 is 0 Å². The number of hydrogen-bond acceptors (Lipinski definition) is 9. The maximum absolute atomic E-state index is 12.6. The van der Waals surface area contributed by atoms with E-state index in [0.29, 0.717) is 0 Å². The number of esters is 4. The topological polar surface area (TPSA) is 125 Å². The molecule has 0 heterocycles. The first kappa shape index (κ1) is 24.7. The van der Waals surface area contributed by atoms with Gasteiger partial charge in [-0.2, -0.15) is 0 Å². The lowest BCUT2D eigenvalue weighted by Crippen LogP contribution is -2.64. The maximum atomic E-state index is 12.6. The van der Waals surface area contributed by atoms with Crippen LogP contribution in [0.3, 0.4) is 0 Å². The summed E-state index contributed by atoms with van der Waals surface area (Å²) in [5.74, 6) is -3.02. The first-order valence-electron chi connectivity index (χ1n) is 10.4. The molecule has 0 aromatic heterocycles. The van der Waals surface area contributed by atoms with Gasteiger partial charge in [-0.25, -0.2) is 9.59 Å². The third-order valence-corrected chi connectivity index (χ3v) is 5.04. The highest BCUT2D eigenvalue weighted by atomic mass is 16.6. The van der Waals surface area contributed by atoms with Crippen molar-refractivity contribution in [2.75, 3.05) is 6.61 Å². The summed E-state index contributed by atoms with van der Waals surface area (Å²) < 4.78 is 21.3. The number of benzene rings is 2. The van der Waals surface area contributed by atoms with Crippen molar-refractivity contribution in [2.45, 2.75) is 37.8 Å². The maximum Gasteiger partial charge on any atom is 0.338 e. The van der Waals surface area contributed by atoms with Gasteiger partial charge in [0.1, 0.15) is 6.61 Å². The lowest BCUT2D eigenvalue weighted by Gasteiger charge is -2.43. The molecule has 3 rings (SSSR count). The lowest BCUT2D eigenvalue weighted by atomic mass is 9.82. The molecule has 0 amide bonds. The van der Waals surface area contributed by atoms with Gasteiger partial charge in [0.2, 0.25) is 0 Å². The number of carbonyl (C=O) groups is 4. The summed E-state index contributed by atoms with van der Waals surface area (Å²) in [6.07, 6.45) is -1.53. The van der Waals surface area contributed by atoms with E-state index in [1.165, 1.54) is 36.4 Å². The fraction of sp³-hybridized carbons (Fsp3) is 0.280. The van der Waals surface area contributed by atoms with Gasteiger partial charge in [-0.05, 0) is 36.4 Å². The molecule has 9 nitrogen and oxygen atoms in total. The number of ether oxygens (including phenoxy) is 4. The van der Waals surface area contributed by atoms with Crippen LogP contribution in [-0.2, 0) is 28.5 Å². The molecule has 178 valence electrons. The third-order valence-electron chi connectivity index (χ3n) is 5.04.